The lowest BCUT2D eigenvalue weighted by molar-refractivity contribution is -0.124. The van der Waals surface area contributed by atoms with Gasteiger partial charge >= 0.3 is 6.03 Å². The summed E-state index contributed by atoms with van der Waals surface area (Å²) in [6.45, 7) is 6.44. The van der Waals surface area contributed by atoms with Crippen LogP contribution in [-0.4, -0.2) is 42.9 Å². The first-order valence-electron chi connectivity index (χ1n) is 9.93. The van der Waals surface area contributed by atoms with E-state index >= 15 is 0 Å². The largest absolute Gasteiger partial charge is 0.347 e. The molecule has 3 N–H and O–H groups in total. The number of benzene rings is 2. The third-order valence-corrected chi connectivity index (χ3v) is 4.63. The van der Waals surface area contributed by atoms with E-state index < -0.39 is 0 Å². The van der Waals surface area contributed by atoms with Gasteiger partial charge in [-0.25, -0.2) is 4.79 Å². The van der Waals surface area contributed by atoms with Crippen molar-refractivity contribution in [3.8, 4) is 0 Å². The van der Waals surface area contributed by atoms with Gasteiger partial charge in [0.05, 0.1) is 6.54 Å². The fourth-order valence-electron chi connectivity index (χ4n) is 3.18. The minimum atomic E-state index is -0.298. The maximum Gasteiger partial charge on any atom is 0.317 e. The van der Waals surface area contributed by atoms with Gasteiger partial charge in [0.2, 0.25) is 11.8 Å². The van der Waals surface area contributed by atoms with E-state index in [1.165, 1.54) is 0 Å². The second-order valence-corrected chi connectivity index (χ2v) is 7.42. The van der Waals surface area contributed by atoms with E-state index in [0.29, 0.717) is 6.54 Å². The van der Waals surface area contributed by atoms with Gasteiger partial charge in [0, 0.05) is 32.2 Å². The molecule has 2 rings (SSSR count). The number of amides is 4. The highest BCUT2D eigenvalue weighted by Crippen LogP contribution is 2.21. The second-order valence-electron chi connectivity index (χ2n) is 7.42. The molecule has 0 unspecified atom stereocenters. The highest BCUT2D eigenvalue weighted by atomic mass is 16.2. The van der Waals surface area contributed by atoms with Crippen LogP contribution in [0.1, 0.15) is 28.7 Å². The molecule has 0 radical (unpaired) electrons. The number of rotatable bonds is 8. The van der Waals surface area contributed by atoms with Gasteiger partial charge in [0.25, 0.3) is 0 Å². The average molecular weight is 411 g/mol. The van der Waals surface area contributed by atoms with Gasteiger partial charge in [-0.2, -0.15) is 0 Å². The van der Waals surface area contributed by atoms with Crippen molar-refractivity contribution >= 4 is 23.5 Å². The average Bonchev–Trinajstić information content (AvgIpc) is 2.69. The number of urea groups is 1. The molecule has 0 heterocycles. The molecule has 0 bridgehead atoms. The number of nitrogens with zero attached hydrogens (tertiary/aromatic N) is 1. The zero-order chi connectivity index (χ0) is 22.1. The lowest BCUT2D eigenvalue weighted by Gasteiger charge is -2.18. The van der Waals surface area contributed by atoms with Gasteiger partial charge < -0.3 is 20.9 Å². The van der Waals surface area contributed by atoms with Crippen LogP contribution in [0, 0.1) is 20.8 Å². The highest BCUT2D eigenvalue weighted by molar-refractivity contribution is 5.95. The number of carbonyl (C=O) groups excluding carboxylic acids is 3. The Balaban J connectivity index is 1.68. The molecule has 30 heavy (non-hydrogen) atoms. The SMILES string of the molecule is Cc1cc(C)c(NC(=O)CNC(=O)CCNC(=O)N(C)Cc2ccccc2)c(C)c1. The van der Waals surface area contributed by atoms with Crippen LogP contribution in [-0.2, 0) is 16.1 Å². The van der Waals surface area contributed by atoms with Gasteiger partial charge in [-0.15, -0.1) is 0 Å². The topological polar surface area (TPSA) is 90.5 Å². The normalized spacial score (nSPS) is 10.3. The van der Waals surface area contributed by atoms with Gasteiger partial charge in [-0.3, -0.25) is 9.59 Å². The summed E-state index contributed by atoms with van der Waals surface area (Å²) in [4.78, 5) is 37.8. The molecular formula is C23H30N4O3. The Morgan fingerprint density at radius 2 is 1.53 bits per heavy atom. The van der Waals surface area contributed by atoms with Crippen molar-refractivity contribution in [3.05, 3.63) is 64.7 Å². The molecule has 0 aliphatic heterocycles. The number of hydrogen-bond donors (Lipinski definition) is 3. The Bertz CT molecular complexity index is 874. The van der Waals surface area contributed by atoms with Crippen LogP contribution in [0.15, 0.2) is 42.5 Å². The minimum Gasteiger partial charge on any atom is -0.347 e. The number of carbonyl (C=O) groups is 3. The molecule has 4 amide bonds. The molecule has 7 heteroatoms. The van der Waals surface area contributed by atoms with E-state index in [2.05, 4.69) is 16.0 Å². The molecule has 0 aliphatic carbocycles. The van der Waals surface area contributed by atoms with Crippen LogP contribution in [0.25, 0.3) is 0 Å². The predicted molar refractivity (Wildman–Crippen MR) is 118 cm³/mol. The van der Waals surface area contributed by atoms with Crippen LogP contribution in [0.5, 0.6) is 0 Å². The van der Waals surface area contributed by atoms with Gasteiger partial charge in [-0.1, -0.05) is 48.0 Å². The molecule has 0 fully saturated rings. The molecule has 0 saturated heterocycles. The molecule has 2 aromatic rings. The summed E-state index contributed by atoms with van der Waals surface area (Å²) in [5.74, 6) is -0.585. The highest BCUT2D eigenvalue weighted by Gasteiger charge is 2.12. The zero-order valence-electron chi connectivity index (χ0n) is 18.0. The van der Waals surface area contributed by atoms with Gasteiger partial charge in [0.1, 0.15) is 0 Å². The van der Waals surface area contributed by atoms with Crippen LogP contribution >= 0.6 is 0 Å². The van der Waals surface area contributed by atoms with Crippen LogP contribution in [0.4, 0.5) is 10.5 Å². The summed E-state index contributed by atoms with van der Waals surface area (Å²) < 4.78 is 0. The van der Waals surface area contributed by atoms with Crippen molar-refractivity contribution < 1.29 is 14.4 Å². The van der Waals surface area contributed by atoms with Crippen molar-refractivity contribution in [3.63, 3.8) is 0 Å². The van der Waals surface area contributed by atoms with Crippen molar-refractivity contribution in [1.82, 2.24) is 15.5 Å². The standard InChI is InChI=1S/C23H30N4O3/c1-16-12-17(2)22(18(3)13-16)26-21(29)14-25-20(28)10-11-24-23(30)27(4)15-19-8-6-5-7-9-19/h5-9,12-13H,10-11,14-15H2,1-4H3,(H,24,30)(H,25,28)(H,26,29). The van der Waals surface area contributed by atoms with E-state index in [1.807, 2.05) is 63.2 Å². The Morgan fingerprint density at radius 3 is 2.17 bits per heavy atom. The molecule has 0 aromatic heterocycles. The Labute approximate surface area is 177 Å². The Kier molecular flexibility index (Phi) is 8.41. The molecule has 160 valence electrons. The summed E-state index contributed by atoms with van der Waals surface area (Å²) in [6.07, 6.45) is 0.0980. The maximum absolute atomic E-state index is 12.1. The zero-order valence-corrected chi connectivity index (χ0v) is 18.0. The number of nitrogens with one attached hydrogen (secondary N) is 3. The van der Waals surface area contributed by atoms with Gasteiger partial charge in [-0.05, 0) is 37.5 Å². The van der Waals surface area contributed by atoms with Crippen molar-refractivity contribution in [2.45, 2.75) is 33.7 Å². The summed E-state index contributed by atoms with van der Waals surface area (Å²) in [5, 5.41) is 8.13. The van der Waals surface area contributed by atoms with Crippen molar-refractivity contribution in [2.75, 3.05) is 25.5 Å². The summed E-state index contributed by atoms with van der Waals surface area (Å²) >= 11 is 0. The quantitative estimate of drug-likeness (QED) is 0.625. The van der Waals surface area contributed by atoms with E-state index in [9.17, 15) is 14.4 Å². The maximum atomic E-state index is 12.1. The monoisotopic (exact) mass is 410 g/mol. The molecule has 0 saturated carbocycles. The first kappa shape index (κ1) is 22.9. The van der Waals surface area contributed by atoms with Crippen LogP contribution < -0.4 is 16.0 Å². The lowest BCUT2D eigenvalue weighted by Crippen LogP contribution is -2.39. The smallest absolute Gasteiger partial charge is 0.317 e. The number of anilines is 1. The third kappa shape index (κ3) is 7.24. The molecular weight excluding hydrogens is 380 g/mol. The minimum absolute atomic E-state index is 0.0980. The van der Waals surface area contributed by atoms with E-state index in [1.54, 1.807) is 11.9 Å². The molecule has 7 nitrogen and oxygen atoms in total. The Morgan fingerprint density at radius 1 is 0.900 bits per heavy atom. The van der Waals surface area contributed by atoms with Crippen LogP contribution in [0.3, 0.4) is 0 Å². The van der Waals surface area contributed by atoms with Crippen molar-refractivity contribution in [1.29, 1.82) is 0 Å². The lowest BCUT2D eigenvalue weighted by atomic mass is 10.1. The van der Waals surface area contributed by atoms with E-state index in [0.717, 1.165) is 27.9 Å². The third-order valence-electron chi connectivity index (χ3n) is 4.63. The predicted octanol–water partition coefficient (Wildman–Crippen LogP) is 2.90. The summed E-state index contributed by atoms with van der Waals surface area (Å²) in [5.41, 5.74) is 4.89. The number of aryl methyl sites for hydroxylation is 3. The molecule has 0 aliphatic rings. The Hall–Kier alpha value is -3.35. The van der Waals surface area contributed by atoms with E-state index in [-0.39, 0.29) is 37.4 Å². The molecule has 0 spiro atoms. The van der Waals surface area contributed by atoms with Crippen molar-refractivity contribution in [2.24, 2.45) is 0 Å². The van der Waals surface area contributed by atoms with Gasteiger partial charge in [0.15, 0.2) is 0 Å². The fraction of sp³-hybridized carbons (Fsp3) is 0.348. The van der Waals surface area contributed by atoms with Crippen LogP contribution in [0.2, 0.25) is 0 Å². The van der Waals surface area contributed by atoms with E-state index in [4.69, 9.17) is 0 Å². The summed E-state index contributed by atoms with van der Waals surface area (Å²) in [6, 6.07) is 13.4. The number of hydrogen-bond acceptors (Lipinski definition) is 3. The second kappa shape index (κ2) is 11.0. The molecule has 0 atom stereocenters. The first-order chi connectivity index (χ1) is 14.3. The fourth-order valence-corrected chi connectivity index (χ4v) is 3.18. The molecule has 2 aromatic carbocycles. The summed E-state index contributed by atoms with van der Waals surface area (Å²) in [7, 11) is 1.70. The first-order valence-corrected chi connectivity index (χ1v) is 9.93.